The van der Waals surface area contributed by atoms with E-state index in [0.717, 1.165) is 3.57 Å². The van der Waals surface area contributed by atoms with Gasteiger partial charge in [0, 0.05) is 9.13 Å². The molecule has 0 unspecified atom stereocenters. The number of rotatable bonds is 2. The molecule has 0 saturated heterocycles. The average Bonchev–Trinajstić information content (AvgIpc) is 2.04. The van der Waals surface area contributed by atoms with Crippen LogP contribution in [0.25, 0.3) is 0 Å². The maximum atomic E-state index is 12.2. The smallest absolute Gasteiger partial charge is 0.125 e. The van der Waals surface area contributed by atoms with Crippen molar-refractivity contribution in [3.63, 3.8) is 0 Å². The monoisotopic (exact) mass is 266 g/mol. The third-order valence-electron chi connectivity index (χ3n) is 1.39. The minimum absolute atomic E-state index is 0.472. The minimum Gasteiger partial charge on any atom is -0.496 e. The summed E-state index contributed by atoms with van der Waals surface area (Å²) >= 11 is 2.16. The van der Waals surface area contributed by atoms with Crippen LogP contribution in [-0.2, 0) is 6.67 Å². The zero-order chi connectivity index (χ0) is 8.27. The van der Waals surface area contributed by atoms with Crippen molar-refractivity contribution in [2.45, 2.75) is 6.67 Å². The van der Waals surface area contributed by atoms with Crippen LogP contribution in [0.4, 0.5) is 4.39 Å². The van der Waals surface area contributed by atoms with Crippen LogP contribution in [0.3, 0.4) is 0 Å². The van der Waals surface area contributed by atoms with E-state index in [1.807, 2.05) is 12.1 Å². The maximum absolute atomic E-state index is 12.2. The molecule has 0 aromatic heterocycles. The van der Waals surface area contributed by atoms with E-state index in [1.54, 1.807) is 13.2 Å². The Morgan fingerprint density at radius 1 is 1.55 bits per heavy atom. The second-order valence-electron chi connectivity index (χ2n) is 2.09. The Morgan fingerprint density at radius 3 is 2.82 bits per heavy atom. The van der Waals surface area contributed by atoms with Crippen molar-refractivity contribution in [3.05, 3.63) is 27.3 Å². The summed E-state index contributed by atoms with van der Waals surface area (Å²) in [6.45, 7) is -0.472. The lowest BCUT2D eigenvalue weighted by Crippen LogP contribution is -1.89. The molecule has 1 rings (SSSR count). The van der Waals surface area contributed by atoms with Crippen molar-refractivity contribution < 1.29 is 9.13 Å². The van der Waals surface area contributed by atoms with Gasteiger partial charge in [0.15, 0.2) is 0 Å². The highest BCUT2D eigenvalue weighted by atomic mass is 127. The van der Waals surface area contributed by atoms with Crippen LogP contribution >= 0.6 is 22.6 Å². The van der Waals surface area contributed by atoms with Gasteiger partial charge in [-0.15, -0.1) is 0 Å². The maximum Gasteiger partial charge on any atom is 0.125 e. The predicted octanol–water partition coefficient (Wildman–Crippen LogP) is 2.77. The van der Waals surface area contributed by atoms with Crippen molar-refractivity contribution in [3.8, 4) is 5.75 Å². The Kier molecular flexibility index (Phi) is 3.11. The zero-order valence-corrected chi connectivity index (χ0v) is 8.26. The number of ether oxygens (including phenoxy) is 1. The average molecular weight is 266 g/mol. The first-order valence-corrected chi connectivity index (χ1v) is 4.24. The predicted molar refractivity (Wildman–Crippen MR) is 50.5 cm³/mol. The number of methoxy groups -OCH3 is 1. The first kappa shape index (κ1) is 8.77. The second kappa shape index (κ2) is 3.90. The molecule has 0 aliphatic rings. The van der Waals surface area contributed by atoms with Crippen LogP contribution < -0.4 is 4.74 Å². The molecule has 1 nitrogen and oxygen atoms in total. The summed E-state index contributed by atoms with van der Waals surface area (Å²) in [6.07, 6.45) is 0. The molecule has 0 atom stereocenters. The summed E-state index contributed by atoms with van der Waals surface area (Å²) < 4.78 is 18.2. The second-order valence-corrected chi connectivity index (χ2v) is 3.34. The molecule has 0 N–H and O–H groups in total. The molecule has 0 amide bonds. The van der Waals surface area contributed by atoms with Crippen LogP contribution in [0.2, 0.25) is 0 Å². The van der Waals surface area contributed by atoms with E-state index >= 15 is 0 Å². The minimum atomic E-state index is -0.472. The van der Waals surface area contributed by atoms with Gasteiger partial charge in [0.2, 0.25) is 0 Å². The Morgan fingerprint density at radius 2 is 2.27 bits per heavy atom. The van der Waals surface area contributed by atoms with Gasteiger partial charge >= 0.3 is 0 Å². The standard InChI is InChI=1S/C8H8FIO/c1-11-8-4-7(10)3-2-6(8)5-9/h2-4H,5H2,1H3. The van der Waals surface area contributed by atoms with Gasteiger partial charge in [-0.25, -0.2) is 4.39 Å². The summed E-state index contributed by atoms with van der Waals surface area (Å²) in [5.74, 6) is 0.624. The summed E-state index contributed by atoms with van der Waals surface area (Å²) in [4.78, 5) is 0. The van der Waals surface area contributed by atoms with Crippen LogP contribution in [0.5, 0.6) is 5.75 Å². The fraction of sp³-hybridized carbons (Fsp3) is 0.250. The lowest BCUT2D eigenvalue weighted by Gasteiger charge is -2.04. The Hall–Kier alpha value is -0.320. The number of benzene rings is 1. The lowest BCUT2D eigenvalue weighted by atomic mass is 10.2. The molecule has 60 valence electrons. The zero-order valence-electron chi connectivity index (χ0n) is 6.10. The number of hydrogen-bond donors (Lipinski definition) is 0. The molecule has 0 bridgehead atoms. The number of halogens is 2. The van der Waals surface area contributed by atoms with E-state index in [9.17, 15) is 4.39 Å². The van der Waals surface area contributed by atoms with Gasteiger partial charge in [-0.05, 0) is 34.7 Å². The highest BCUT2D eigenvalue weighted by Crippen LogP contribution is 2.21. The molecule has 0 saturated carbocycles. The first-order valence-electron chi connectivity index (χ1n) is 3.16. The number of hydrogen-bond acceptors (Lipinski definition) is 1. The third kappa shape index (κ3) is 2.05. The van der Waals surface area contributed by atoms with Gasteiger partial charge in [0.1, 0.15) is 12.4 Å². The van der Waals surface area contributed by atoms with Crippen LogP contribution in [0, 0.1) is 3.57 Å². The normalized spacial score (nSPS) is 9.73. The van der Waals surface area contributed by atoms with E-state index < -0.39 is 6.67 Å². The fourth-order valence-electron chi connectivity index (χ4n) is 0.829. The highest BCUT2D eigenvalue weighted by molar-refractivity contribution is 14.1. The fourth-order valence-corrected chi connectivity index (χ4v) is 1.29. The van der Waals surface area contributed by atoms with E-state index in [0.29, 0.717) is 11.3 Å². The summed E-state index contributed by atoms with van der Waals surface area (Å²) in [7, 11) is 1.55. The quantitative estimate of drug-likeness (QED) is 0.748. The molecule has 0 spiro atoms. The molecule has 3 heteroatoms. The third-order valence-corrected chi connectivity index (χ3v) is 2.06. The molecular formula is C8H8FIO. The van der Waals surface area contributed by atoms with Gasteiger partial charge in [-0.2, -0.15) is 0 Å². The summed E-state index contributed by atoms with van der Waals surface area (Å²) in [6, 6.07) is 5.41. The van der Waals surface area contributed by atoms with Gasteiger partial charge < -0.3 is 4.74 Å². The van der Waals surface area contributed by atoms with Gasteiger partial charge in [0.25, 0.3) is 0 Å². The molecule has 1 aromatic rings. The van der Waals surface area contributed by atoms with Gasteiger partial charge in [-0.3, -0.25) is 0 Å². The largest absolute Gasteiger partial charge is 0.496 e. The summed E-state index contributed by atoms with van der Waals surface area (Å²) in [5, 5.41) is 0. The molecular weight excluding hydrogens is 258 g/mol. The Balaban J connectivity index is 3.06. The van der Waals surface area contributed by atoms with Crippen molar-refractivity contribution >= 4 is 22.6 Å². The first-order chi connectivity index (χ1) is 5.27. The Labute approximate surface area is 78.7 Å². The lowest BCUT2D eigenvalue weighted by molar-refractivity contribution is 0.394. The van der Waals surface area contributed by atoms with Gasteiger partial charge in [-0.1, -0.05) is 6.07 Å². The molecule has 0 heterocycles. The molecule has 0 aliphatic carbocycles. The van der Waals surface area contributed by atoms with Crippen LogP contribution in [-0.4, -0.2) is 7.11 Å². The molecule has 0 aliphatic heterocycles. The Bertz CT molecular complexity index is 250. The van der Waals surface area contributed by atoms with Crippen molar-refractivity contribution in [1.82, 2.24) is 0 Å². The van der Waals surface area contributed by atoms with Crippen molar-refractivity contribution in [2.24, 2.45) is 0 Å². The van der Waals surface area contributed by atoms with E-state index in [1.165, 1.54) is 0 Å². The summed E-state index contributed by atoms with van der Waals surface area (Å²) in [5.41, 5.74) is 0.605. The van der Waals surface area contributed by atoms with E-state index in [-0.39, 0.29) is 0 Å². The molecule has 1 aromatic carbocycles. The van der Waals surface area contributed by atoms with Gasteiger partial charge in [0.05, 0.1) is 7.11 Å². The van der Waals surface area contributed by atoms with Crippen molar-refractivity contribution in [1.29, 1.82) is 0 Å². The molecule has 0 fully saturated rings. The van der Waals surface area contributed by atoms with Crippen LogP contribution in [0.1, 0.15) is 5.56 Å². The topological polar surface area (TPSA) is 9.23 Å². The van der Waals surface area contributed by atoms with Crippen LogP contribution in [0.15, 0.2) is 18.2 Å². The van der Waals surface area contributed by atoms with E-state index in [2.05, 4.69) is 22.6 Å². The highest BCUT2D eigenvalue weighted by Gasteiger charge is 2.01. The van der Waals surface area contributed by atoms with Crippen molar-refractivity contribution in [2.75, 3.05) is 7.11 Å². The van der Waals surface area contributed by atoms with E-state index in [4.69, 9.17) is 4.74 Å². The molecule has 0 radical (unpaired) electrons. The molecule has 11 heavy (non-hydrogen) atoms. The number of alkyl halides is 1. The SMILES string of the molecule is COc1cc(I)ccc1CF.